The fourth-order valence-corrected chi connectivity index (χ4v) is 0.760. The summed E-state index contributed by atoms with van der Waals surface area (Å²) in [5.41, 5.74) is 0. The molecule has 0 aliphatic heterocycles. The minimum absolute atomic E-state index is 1.32. The predicted octanol–water partition coefficient (Wildman–Crippen LogP) is -0.330. The van der Waals surface area contributed by atoms with Gasteiger partial charge in [0.1, 0.15) is 0 Å². The minimum atomic E-state index is -2.33. The van der Waals surface area contributed by atoms with Gasteiger partial charge in [0.2, 0.25) is 0 Å². The monoisotopic (exact) mass is 142 g/mol. The van der Waals surface area contributed by atoms with Gasteiger partial charge in [-0.15, -0.1) is 0 Å². The van der Waals surface area contributed by atoms with Gasteiger partial charge in [-0.3, -0.25) is 0 Å². The van der Waals surface area contributed by atoms with Crippen molar-refractivity contribution >= 4 is 6.16 Å². The summed E-state index contributed by atoms with van der Waals surface area (Å²) in [5.74, 6) is 0. The van der Waals surface area contributed by atoms with Crippen LogP contribution >= 0.6 is 0 Å². The Labute approximate surface area is 60.0 Å². The second-order valence-corrected chi connectivity index (χ2v) is 2.01. The lowest BCUT2D eigenvalue weighted by molar-refractivity contribution is -0.415. The highest BCUT2D eigenvalue weighted by molar-refractivity contribution is 5.47. The zero-order valence-electron chi connectivity index (χ0n) is 5.71. The van der Waals surface area contributed by atoms with Crippen LogP contribution in [0.25, 0.3) is 0 Å². The number of hydrogen-bond donors (Lipinski definition) is 0. The predicted molar refractivity (Wildman–Crippen MR) is 33.0 cm³/mol. The Kier molecular flexibility index (Phi) is 5.53. The average molecular weight is 142 g/mol. The van der Waals surface area contributed by atoms with E-state index in [1.807, 2.05) is 0 Å². The number of carbonyl (C=O) groups excluding carboxylic acids is 1. The first kappa shape index (κ1) is 9.01. The van der Waals surface area contributed by atoms with Crippen molar-refractivity contribution in [3.05, 3.63) is 12.2 Å². The van der Waals surface area contributed by atoms with E-state index in [0.29, 0.717) is 0 Å². The standard InChI is InChI=1S/C6H10.CH2O3/c1-2-4-6-5-3-1;2-1(3)4/h1-2H,3-6H2;(H2,2,3,4)/p-2. The molecule has 3 nitrogen and oxygen atoms in total. The Balaban J connectivity index is 0.000000180. The third-order valence-corrected chi connectivity index (χ3v) is 1.16. The molecule has 0 spiro atoms. The molecule has 0 N–H and O–H groups in total. The summed E-state index contributed by atoms with van der Waals surface area (Å²) in [5, 5.41) is 16.7. The van der Waals surface area contributed by atoms with Crippen molar-refractivity contribution in [2.45, 2.75) is 25.7 Å². The van der Waals surface area contributed by atoms with Crippen LogP contribution in [0.3, 0.4) is 0 Å². The third kappa shape index (κ3) is 10.1. The molecule has 1 rings (SSSR count). The van der Waals surface area contributed by atoms with Crippen LogP contribution in [-0.2, 0) is 0 Å². The summed E-state index contributed by atoms with van der Waals surface area (Å²) < 4.78 is 0. The van der Waals surface area contributed by atoms with Crippen molar-refractivity contribution in [3.63, 3.8) is 0 Å². The Hall–Kier alpha value is -0.990. The van der Waals surface area contributed by atoms with E-state index >= 15 is 0 Å². The molecule has 0 amide bonds. The van der Waals surface area contributed by atoms with Gasteiger partial charge >= 0.3 is 0 Å². The molecule has 0 saturated carbocycles. The normalized spacial score (nSPS) is 15.2. The summed E-state index contributed by atoms with van der Waals surface area (Å²) in [6, 6.07) is 0. The van der Waals surface area contributed by atoms with Crippen molar-refractivity contribution in [2.24, 2.45) is 0 Å². The molecule has 0 aromatic carbocycles. The van der Waals surface area contributed by atoms with Gasteiger partial charge in [-0.1, -0.05) is 12.2 Å². The molecule has 0 heterocycles. The lowest BCUT2D eigenvalue weighted by Gasteiger charge is -1.97. The Morgan fingerprint density at radius 3 is 1.50 bits per heavy atom. The third-order valence-electron chi connectivity index (χ3n) is 1.16. The van der Waals surface area contributed by atoms with Crippen LogP contribution in [0.15, 0.2) is 12.2 Å². The molecule has 0 unspecified atom stereocenters. The summed E-state index contributed by atoms with van der Waals surface area (Å²) >= 11 is 0. The maximum absolute atomic E-state index is 8.33. The second-order valence-electron chi connectivity index (χ2n) is 2.01. The van der Waals surface area contributed by atoms with Gasteiger partial charge < -0.3 is 15.0 Å². The number of rotatable bonds is 0. The molecule has 10 heavy (non-hydrogen) atoms. The molecule has 0 saturated heterocycles. The van der Waals surface area contributed by atoms with Crippen LogP contribution in [-0.4, -0.2) is 6.16 Å². The quantitative estimate of drug-likeness (QED) is 0.435. The first-order valence-electron chi connectivity index (χ1n) is 3.26. The molecule has 0 radical (unpaired) electrons. The number of allylic oxidation sites excluding steroid dienone is 2. The minimum Gasteiger partial charge on any atom is -0.652 e. The first-order valence-corrected chi connectivity index (χ1v) is 3.26. The second kappa shape index (κ2) is 6.13. The summed E-state index contributed by atoms with van der Waals surface area (Å²) in [7, 11) is 0. The molecule has 1 aliphatic rings. The molecule has 0 aromatic rings. The van der Waals surface area contributed by atoms with Crippen LogP contribution in [0.5, 0.6) is 0 Å². The number of carboxylic acid groups (broad SMARTS) is 2. The fraction of sp³-hybridized carbons (Fsp3) is 0.571. The molecule has 0 fully saturated rings. The van der Waals surface area contributed by atoms with Crippen LogP contribution in [0.2, 0.25) is 0 Å². The fourth-order valence-electron chi connectivity index (χ4n) is 0.760. The Morgan fingerprint density at radius 2 is 1.40 bits per heavy atom. The lowest BCUT2D eigenvalue weighted by Crippen LogP contribution is -2.37. The summed E-state index contributed by atoms with van der Waals surface area (Å²) in [6.07, 6.45) is 7.67. The van der Waals surface area contributed by atoms with Gasteiger partial charge in [0, 0.05) is 0 Å². The SMILES string of the molecule is C1=CCCCC1.O=C([O-])[O-]. The van der Waals surface area contributed by atoms with Gasteiger partial charge in [0.05, 0.1) is 0 Å². The van der Waals surface area contributed by atoms with Crippen molar-refractivity contribution in [2.75, 3.05) is 0 Å². The Bertz CT molecular complexity index is 106. The maximum atomic E-state index is 8.33. The van der Waals surface area contributed by atoms with Crippen molar-refractivity contribution < 1.29 is 15.0 Å². The van der Waals surface area contributed by atoms with Gasteiger partial charge in [-0.25, -0.2) is 0 Å². The smallest absolute Gasteiger partial charge is 0.0351 e. The van der Waals surface area contributed by atoms with Crippen LogP contribution < -0.4 is 10.2 Å². The molecule has 0 atom stereocenters. The number of hydrogen-bond acceptors (Lipinski definition) is 3. The van der Waals surface area contributed by atoms with Gasteiger partial charge in [0.25, 0.3) is 0 Å². The Morgan fingerprint density at radius 1 is 1.10 bits per heavy atom. The number of carbonyl (C=O) groups is 1. The van der Waals surface area contributed by atoms with E-state index in [9.17, 15) is 0 Å². The van der Waals surface area contributed by atoms with E-state index < -0.39 is 6.16 Å². The molecule has 3 heteroatoms. The van der Waals surface area contributed by atoms with E-state index in [1.54, 1.807) is 0 Å². The van der Waals surface area contributed by atoms with E-state index in [0.717, 1.165) is 0 Å². The zero-order chi connectivity index (χ0) is 7.82. The van der Waals surface area contributed by atoms with Crippen LogP contribution in [0.4, 0.5) is 4.79 Å². The summed E-state index contributed by atoms with van der Waals surface area (Å²) in [6.45, 7) is 0. The molecule has 0 bridgehead atoms. The van der Waals surface area contributed by atoms with Gasteiger partial charge in [-0.2, -0.15) is 0 Å². The van der Waals surface area contributed by atoms with E-state index in [1.165, 1.54) is 25.7 Å². The molecule has 58 valence electrons. The van der Waals surface area contributed by atoms with Crippen LogP contribution in [0.1, 0.15) is 25.7 Å². The van der Waals surface area contributed by atoms with Gasteiger partial charge in [0.15, 0.2) is 0 Å². The van der Waals surface area contributed by atoms with E-state index in [-0.39, 0.29) is 0 Å². The highest BCUT2D eigenvalue weighted by Gasteiger charge is 1.87. The zero-order valence-corrected chi connectivity index (χ0v) is 5.71. The van der Waals surface area contributed by atoms with Crippen molar-refractivity contribution in [1.29, 1.82) is 0 Å². The van der Waals surface area contributed by atoms with Crippen molar-refractivity contribution in [3.8, 4) is 0 Å². The highest BCUT2D eigenvalue weighted by atomic mass is 16.6. The average Bonchev–Trinajstić information content (AvgIpc) is 1.90. The highest BCUT2D eigenvalue weighted by Crippen LogP contribution is 2.07. The van der Waals surface area contributed by atoms with Gasteiger partial charge in [-0.05, 0) is 31.8 Å². The topological polar surface area (TPSA) is 63.2 Å². The molecule has 0 aromatic heterocycles. The molecular weight excluding hydrogens is 132 g/mol. The van der Waals surface area contributed by atoms with E-state index in [4.69, 9.17) is 15.0 Å². The van der Waals surface area contributed by atoms with E-state index in [2.05, 4.69) is 12.2 Å². The lowest BCUT2D eigenvalue weighted by atomic mass is 10.1. The first-order chi connectivity index (χ1) is 4.73. The molecule has 1 aliphatic carbocycles. The summed E-state index contributed by atoms with van der Waals surface area (Å²) in [4.78, 5) is 8.33. The van der Waals surface area contributed by atoms with Crippen molar-refractivity contribution in [1.82, 2.24) is 0 Å². The van der Waals surface area contributed by atoms with Crippen LogP contribution in [0, 0.1) is 0 Å². The maximum Gasteiger partial charge on any atom is -0.0351 e. The largest absolute Gasteiger partial charge is 0.652 e. The molecular formula is C7H10O3-2.